The van der Waals surface area contributed by atoms with Gasteiger partial charge in [-0.25, -0.2) is 9.97 Å². The average molecular weight is 349 g/mol. The van der Waals surface area contributed by atoms with Crippen LogP contribution in [0.2, 0.25) is 0 Å². The number of rotatable bonds is 3. The molecule has 25 heavy (non-hydrogen) atoms. The van der Waals surface area contributed by atoms with E-state index >= 15 is 0 Å². The maximum absolute atomic E-state index is 4.90. The number of anilines is 1. The highest BCUT2D eigenvalue weighted by molar-refractivity contribution is 7.17. The molecule has 6 heteroatoms. The van der Waals surface area contributed by atoms with Crippen LogP contribution >= 0.6 is 11.3 Å². The minimum absolute atomic E-state index is 0.389. The lowest BCUT2D eigenvalue weighted by Gasteiger charge is -2.23. The van der Waals surface area contributed by atoms with E-state index in [1.165, 1.54) is 11.8 Å². The van der Waals surface area contributed by atoms with E-state index in [0.29, 0.717) is 6.04 Å². The van der Waals surface area contributed by atoms with Crippen molar-refractivity contribution >= 4 is 38.4 Å². The van der Waals surface area contributed by atoms with Gasteiger partial charge in [0, 0.05) is 35.2 Å². The Hall–Kier alpha value is -2.44. The minimum Gasteiger partial charge on any atom is -0.360 e. The summed E-state index contributed by atoms with van der Waals surface area (Å²) in [6.07, 6.45) is 4.40. The Bertz CT molecular complexity index is 1030. The first-order chi connectivity index (χ1) is 12.4. The molecule has 0 spiro atoms. The Balaban J connectivity index is 1.62. The van der Waals surface area contributed by atoms with Crippen LogP contribution < -0.4 is 10.6 Å². The lowest BCUT2D eigenvalue weighted by molar-refractivity contribution is 0.478. The molecule has 1 saturated heterocycles. The number of aromatic amines is 1. The van der Waals surface area contributed by atoms with Crippen molar-refractivity contribution < 1.29 is 0 Å². The highest BCUT2D eigenvalue weighted by Crippen LogP contribution is 2.35. The highest BCUT2D eigenvalue weighted by atomic mass is 32.1. The summed E-state index contributed by atoms with van der Waals surface area (Å²) in [7, 11) is 0. The predicted octanol–water partition coefficient (Wildman–Crippen LogP) is 4.00. The second kappa shape index (κ2) is 6.13. The van der Waals surface area contributed by atoms with Crippen LogP contribution in [0.1, 0.15) is 12.8 Å². The molecule has 0 saturated carbocycles. The fourth-order valence-corrected chi connectivity index (χ4v) is 4.37. The fraction of sp³-hybridized carbons (Fsp3) is 0.263. The number of benzene rings is 1. The van der Waals surface area contributed by atoms with Crippen LogP contribution in [0.3, 0.4) is 0 Å². The molecular formula is C19H19N5S. The van der Waals surface area contributed by atoms with Crippen LogP contribution in [0.5, 0.6) is 0 Å². The van der Waals surface area contributed by atoms with Crippen LogP contribution in [0.4, 0.5) is 5.95 Å². The molecule has 4 aromatic rings. The average Bonchev–Trinajstić information content (AvgIpc) is 3.29. The van der Waals surface area contributed by atoms with E-state index in [1.807, 2.05) is 6.07 Å². The normalized spacial score (nSPS) is 18.0. The van der Waals surface area contributed by atoms with Crippen molar-refractivity contribution in [2.45, 2.75) is 18.9 Å². The Morgan fingerprint density at radius 3 is 3.04 bits per heavy atom. The third kappa shape index (κ3) is 2.67. The molecule has 3 N–H and O–H groups in total. The van der Waals surface area contributed by atoms with Gasteiger partial charge in [0.1, 0.15) is 0 Å². The predicted molar refractivity (Wildman–Crippen MR) is 104 cm³/mol. The number of H-pyrrole nitrogens is 1. The van der Waals surface area contributed by atoms with Crippen LogP contribution in [-0.4, -0.2) is 34.1 Å². The summed E-state index contributed by atoms with van der Waals surface area (Å²) < 4.78 is 1.14. The molecule has 1 atom stereocenters. The van der Waals surface area contributed by atoms with Crippen LogP contribution in [0, 0.1) is 0 Å². The molecule has 1 fully saturated rings. The van der Waals surface area contributed by atoms with Gasteiger partial charge in [-0.15, -0.1) is 11.3 Å². The van der Waals surface area contributed by atoms with Crippen molar-refractivity contribution in [2.75, 3.05) is 18.4 Å². The Labute approximate surface area is 149 Å². The van der Waals surface area contributed by atoms with Crippen molar-refractivity contribution in [3.63, 3.8) is 0 Å². The SMILES string of the molecule is c1ccc2c(-c3nc(N[C@H]4CCCNC4)nc4ccsc34)c[nH]c2c1. The first-order valence-corrected chi connectivity index (χ1v) is 9.55. The summed E-state index contributed by atoms with van der Waals surface area (Å²) in [6, 6.07) is 10.8. The van der Waals surface area contributed by atoms with Crippen LogP contribution in [-0.2, 0) is 0 Å². The largest absolute Gasteiger partial charge is 0.360 e. The molecule has 0 aliphatic carbocycles. The van der Waals surface area contributed by atoms with Gasteiger partial charge in [0.2, 0.25) is 5.95 Å². The number of hydrogen-bond donors (Lipinski definition) is 3. The van der Waals surface area contributed by atoms with E-state index in [1.54, 1.807) is 11.3 Å². The summed E-state index contributed by atoms with van der Waals surface area (Å²) in [6.45, 7) is 2.07. The molecular weight excluding hydrogens is 330 g/mol. The van der Waals surface area contributed by atoms with E-state index in [2.05, 4.69) is 51.5 Å². The molecule has 3 aromatic heterocycles. The lowest BCUT2D eigenvalue weighted by atomic mass is 10.1. The van der Waals surface area contributed by atoms with Gasteiger partial charge in [-0.3, -0.25) is 0 Å². The fourth-order valence-electron chi connectivity index (χ4n) is 3.54. The molecule has 4 heterocycles. The van der Waals surface area contributed by atoms with Gasteiger partial charge in [-0.05, 0) is 36.9 Å². The van der Waals surface area contributed by atoms with Crippen LogP contribution in [0.15, 0.2) is 41.9 Å². The molecule has 0 radical (unpaired) electrons. The van der Waals surface area contributed by atoms with E-state index in [4.69, 9.17) is 9.97 Å². The molecule has 1 aliphatic heterocycles. The van der Waals surface area contributed by atoms with Gasteiger partial charge < -0.3 is 15.6 Å². The molecule has 1 aromatic carbocycles. The summed E-state index contributed by atoms with van der Waals surface area (Å²) >= 11 is 1.70. The van der Waals surface area contributed by atoms with E-state index < -0.39 is 0 Å². The number of piperidine rings is 1. The number of thiophene rings is 1. The molecule has 0 amide bonds. The van der Waals surface area contributed by atoms with Gasteiger partial charge in [0.15, 0.2) is 0 Å². The number of aromatic nitrogens is 3. The molecule has 0 unspecified atom stereocenters. The second-order valence-electron chi connectivity index (χ2n) is 6.47. The highest BCUT2D eigenvalue weighted by Gasteiger charge is 2.18. The number of nitrogens with zero attached hydrogens (tertiary/aromatic N) is 2. The van der Waals surface area contributed by atoms with Crippen LogP contribution in [0.25, 0.3) is 32.4 Å². The number of para-hydroxylation sites is 1. The van der Waals surface area contributed by atoms with Gasteiger partial charge in [-0.1, -0.05) is 18.2 Å². The molecule has 1 aliphatic rings. The lowest BCUT2D eigenvalue weighted by Crippen LogP contribution is -2.38. The summed E-state index contributed by atoms with van der Waals surface area (Å²) in [5, 5.41) is 10.2. The summed E-state index contributed by atoms with van der Waals surface area (Å²) in [4.78, 5) is 13.0. The van der Waals surface area contributed by atoms with Crippen molar-refractivity contribution in [3.8, 4) is 11.3 Å². The number of fused-ring (bicyclic) bond motifs is 2. The summed E-state index contributed by atoms with van der Waals surface area (Å²) in [5.74, 6) is 0.722. The maximum atomic E-state index is 4.90. The Morgan fingerprint density at radius 2 is 2.12 bits per heavy atom. The molecule has 5 nitrogen and oxygen atoms in total. The quantitative estimate of drug-likeness (QED) is 0.523. The smallest absolute Gasteiger partial charge is 0.224 e. The molecule has 5 rings (SSSR count). The second-order valence-corrected chi connectivity index (χ2v) is 7.38. The van der Waals surface area contributed by atoms with Gasteiger partial charge in [0.25, 0.3) is 0 Å². The minimum atomic E-state index is 0.389. The molecule has 0 bridgehead atoms. The topological polar surface area (TPSA) is 65.6 Å². The zero-order valence-corrected chi connectivity index (χ0v) is 14.6. The van der Waals surface area contributed by atoms with E-state index in [-0.39, 0.29) is 0 Å². The molecule has 126 valence electrons. The van der Waals surface area contributed by atoms with E-state index in [0.717, 1.165) is 52.4 Å². The zero-order chi connectivity index (χ0) is 16.6. The van der Waals surface area contributed by atoms with Gasteiger partial charge in [-0.2, -0.15) is 0 Å². The van der Waals surface area contributed by atoms with Crippen molar-refractivity contribution in [3.05, 3.63) is 41.9 Å². The third-order valence-corrected chi connectivity index (χ3v) is 5.69. The first kappa shape index (κ1) is 14.9. The zero-order valence-electron chi connectivity index (χ0n) is 13.7. The van der Waals surface area contributed by atoms with E-state index in [9.17, 15) is 0 Å². The van der Waals surface area contributed by atoms with Crippen molar-refractivity contribution in [1.29, 1.82) is 0 Å². The van der Waals surface area contributed by atoms with Gasteiger partial charge >= 0.3 is 0 Å². The van der Waals surface area contributed by atoms with Gasteiger partial charge in [0.05, 0.1) is 15.9 Å². The Morgan fingerprint density at radius 1 is 1.16 bits per heavy atom. The standard InChI is InChI=1S/C19H19N5S/c1-2-6-15-13(5-1)14(11-21-15)17-18-16(7-9-25-18)23-19(24-17)22-12-4-3-8-20-10-12/h1-2,5-7,9,11-12,20-21H,3-4,8,10H2,(H,22,23,24)/t12-/m0/s1. The van der Waals surface area contributed by atoms with Crippen molar-refractivity contribution in [2.24, 2.45) is 0 Å². The monoisotopic (exact) mass is 349 g/mol. The maximum Gasteiger partial charge on any atom is 0.224 e. The summed E-state index contributed by atoms with van der Waals surface area (Å²) in [5.41, 5.74) is 4.28. The number of hydrogen-bond acceptors (Lipinski definition) is 5. The number of nitrogens with one attached hydrogen (secondary N) is 3. The first-order valence-electron chi connectivity index (χ1n) is 8.67. The van der Waals surface area contributed by atoms with Crippen molar-refractivity contribution in [1.82, 2.24) is 20.3 Å². The Kier molecular flexibility index (Phi) is 3.64. The third-order valence-electron chi connectivity index (χ3n) is 4.78.